The lowest BCUT2D eigenvalue weighted by atomic mass is 9.79. The van der Waals surface area contributed by atoms with Crippen molar-refractivity contribution in [2.45, 2.75) is 29.8 Å². The molecule has 3 heterocycles. The average molecular weight is 388 g/mol. The van der Waals surface area contributed by atoms with Crippen LogP contribution in [0.4, 0.5) is 5.82 Å². The fourth-order valence-corrected chi connectivity index (χ4v) is 4.73. The zero-order chi connectivity index (χ0) is 19.1. The third kappa shape index (κ3) is 3.30. The van der Waals surface area contributed by atoms with E-state index >= 15 is 0 Å². The van der Waals surface area contributed by atoms with E-state index in [0.29, 0.717) is 0 Å². The first-order valence-electron chi connectivity index (χ1n) is 9.14. The quantitative estimate of drug-likeness (QED) is 0.805. The van der Waals surface area contributed by atoms with Crippen LogP contribution in [0.15, 0.2) is 41.4 Å². The lowest BCUT2D eigenvalue weighted by Gasteiger charge is -2.45. The van der Waals surface area contributed by atoms with Gasteiger partial charge in [-0.1, -0.05) is 12.1 Å². The number of sulfone groups is 1. The smallest absolute Gasteiger partial charge is 0.177 e. The predicted molar refractivity (Wildman–Crippen MR) is 103 cm³/mol. The maximum atomic E-state index is 11.6. The molecule has 2 aromatic rings. The minimum Gasteiger partial charge on any atom is -0.496 e. The predicted octanol–water partition coefficient (Wildman–Crippen LogP) is 2.56. The van der Waals surface area contributed by atoms with Crippen LogP contribution in [0.1, 0.15) is 24.0 Å². The van der Waals surface area contributed by atoms with Crippen molar-refractivity contribution in [1.29, 1.82) is 0 Å². The van der Waals surface area contributed by atoms with Crippen LogP contribution in [0, 0.1) is 0 Å². The molecule has 0 aliphatic carbocycles. The molecule has 0 amide bonds. The Morgan fingerprint density at radius 2 is 1.96 bits per heavy atom. The monoisotopic (exact) mass is 388 g/mol. The molecule has 6 nitrogen and oxygen atoms in total. The summed E-state index contributed by atoms with van der Waals surface area (Å²) in [6.07, 6.45) is 5.22. The fraction of sp³-hybridized carbons (Fsp3) is 0.450. The summed E-state index contributed by atoms with van der Waals surface area (Å²) in [5, 5.41) is 0. The first-order valence-corrected chi connectivity index (χ1v) is 11.0. The van der Waals surface area contributed by atoms with E-state index in [1.807, 2.05) is 12.1 Å². The van der Waals surface area contributed by atoms with Crippen molar-refractivity contribution in [1.82, 2.24) is 4.98 Å². The molecule has 27 heavy (non-hydrogen) atoms. The number of anilines is 1. The molecule has 1 aromatic heterocycles. The molecule has 2 aliphatic heterocycles. The number of ether oxygens (including phenoxy) is 2. The number of pyridine rings is 1. The molecule has 1 aromatic carbocycles. The maximum Gasteiger partial charge on any atom is 0.177 e. The molecule has 0 unspecified atom stereocenters. The zero-order valence-corrected chi connectivity index (χ0v) is 16.5. The lowest BCUT2D eigenvalue weighted by molar-refractivity contribution is -0.0780. The summed E-state index contributed by atoms with van der Waals surface area (Å²) in [6, 6.07) is 9.62. The highest BCUT2D eigenvalue weighted by Gasteiger charge is 2.43. The second-order valence-electron chi connectivity index (χ2n) is 7.20. The van der Waals surface area contributed by atoms with Crippen molar-refractivity contribution in [3.05, 3.63) is 47.7 Å². The number of piperidine rings is 1. The Hall–Kier alpha value is -2.12. The maximum absolute atomic E-state index is 11.6. The topological polar surface area (TPSA) is 68.7 Å². The molecular weight excluding hydrogens is 364 g/mol. The Balaban J connectivity index is 1.57. The van der Waals surface area contributed by atoms with Crippen molar-refractivity contribution < 1.29 is 17.9 Å². The van der Waals surface area contributed by atoms with Gasteiger partial charge in [-0.15, -0.1) is 0 Å². The Labute approximate surface area is 160 Å². The van der Waals surface area contributed by atoms with E-state index in [1.165, 1.54) is 23.6 Å². The van der Waals surface area contributed by atoms with Gasteiger partial charge < -0.3 is 14.4 Å². The molecule has 0 N–H and O–H groups in total. The van der Waals surface area contributed by atoms with Crippen molar-refractivity contribution >= 4 is 15.7 Å². The van der Waals surface area contributed by atoms with Gasteiger partial charge >= 0.3 is 0 Å². The summed E-state index contributed by atoms with van der Waals surface area (Å²) < 4.78 is 35.2. The van der Waals surface area contributed by atoms with E-state index in [-0.39, 0.29) is 10.5 Å². The summed E-state index contributed by atoms with van der Waals surface area (Å²) in [5.41, 5.74) is 2.19. The van der Waals surface area contributed by atoms with Gasteiger partial charge in [0.2, 0.25) is 0 Å². The van der Waals surface area contributed by atoms with Gasteiger partial charge in [0.05, 0.1) is 18.6 Å². The first kappa shape index (κ1) is 18.3. The van der Waals surface area contributed by atoms with Crippen LogP contribution in [0.25, 0.3) is 0 Å². The lowest BCUT2D eigenvalue weighted by Crippen LogP contribution is -2.47. The zero-order valence-electron chi connectivity index (χ0n) is 15.6. The highest BCUT2D eigenvalue weighted by atomic mass is 32.2. The average Bonchev–Trinajstić information content (AvgIpc) is 2.68. The molecule has 1 spiro atoms. The molecule has 4 rings (SSSR count). The van der Waals surface area contributed by atoms with Crippen LogP contribution in [0.2, 0.25) is 0 Å². The third-order valence-corrected chi connectivity index (χ3v) is 6.68. The number of nitrogens with zero attached hydrogens (tertiary/aromatic N) is 2. The number of methoxy groups -OCH3 is 1. The molecule has 2 aliphatic rings. The number of hydrogen-bond acceptors (Lipinski definition) is 6. The Morgan fingerprint density at radius 1 is 1.19 bits per heavy atom. The van der Waals surface area contributed by atoms with Gasteiger partial charge in [0.1, 0.15) is 17.2 Å². The number of benzene rings is 1. The Kier molecular flexibility index (Phi) is 4.60. The van der Waals surface area contributed by atoms with Crippen molar-refractivity contribution in [2.75, 3.05) is 38.0 Å². The van der Waals surface area contributed by atoms with E-state index in [0.717, 1.165) is 50.5 Å². The number of rotatable bonds is 3. The third-order valence-electron chi connectivity index (χ3n) is 5.58. The second kappa shape index (κ2) is 6.80. The van der Waals surface area contributed by atoms with Gasteiger partial charge in [-0.05, 0) is 43.0 Å². The summed E-state index contributed by atoms with van der Waals surface area (Å²) in [5.74, 6) is 1.70. The summed E-state index contributed by atoms with van der Waals surface area (Å²) in [4.78, 5) is 6.79. The van der Waals surface area contributed by atoms with Gasteiger partial charge in [-0.2, -0.15) is 0 Å². The van der Waals surface area contributed by atoms with Crippen molar-refractivity contribution in [3.63, 3.8) is 0 Å². The van der Waals surface area contributed by atoms with Crippen molar-refractivity contribution in [2.24, 2.45) is 0 Å². The molecule has 0 radical (unpaired) electrons. The van der Waals surface area contributed by atoms with Gasteiger partial charge in [-0.3, -0.25) is 0 Å². The fourth-order valence-electron chi connectivity index (χ4n) is 4.17. The molecular formula is C20H24N2O4S. The van der Waals surface area contributed by atoms with Crippen molar-refractivity contribution in [3.8, 4) is 5.75 Å². The van der Waals surface area contributed by atoms with Gasteiger partial charge in [0, 0.05) is 31.1 Å². The highest BCUT2D eigenvalue weighted by molar-refractivity contribution is 7.90. The van der Waals surface area contributed by atoms with E-state index in [1.54, 1.807) is 19.2 Å². The van der Waals surface area contributed by atoms with E-state index < -0.39 is 9.84 Å². The summed E-state index contributed by atoms with van der Waals surface area (Å²) in [6.45, 7) is 2.31. The molecule has 7 heteroatoms. The molecule has 0 bridgehead atoms. The number of fused-ring (bicyclic) bond motifs is 2. The Morgan fingerprint density at radius 3 is 2.59 bits per heavy atom. The molecule has 144 valence electrons. The first-order chi connectivity index (χ1) is 12.9. The molecule has 1 fully saturated rings. The summed E-state index contributed by atoms with van der Waals surface area (Å²) >= 11 is 0. The number of hydrogen-bond donors (Lipinski definition) is 0. The van der Waals surface area contributed by atoms with Gasteiger partial charge in [0.25, 0.3) is 0 Å². The van der Waals surface area contributed by atoms with Crippen LogP contribution in [0.3, 0.4) is 0 Å². The standard InChI is InChI=1S/C20H24N2O4S/c1-25-17-5-3-4-15-8-13-26-20(19(15)17)9-11-22(12-10-20)18-7-6-16(14-21-18)27(2,23)24/h3-7,14H,8-13H2,1-2H3. The van der Waals surface area contributed by atoms with E-state index in [2.05, 4.69) is 16.0 Å². The minimum atomic E-state index is -3.23. The SMILES string of the molecule is COc1cccc2c1C1(CCN(c3ccc(S(C)(=O)=O)cn3)CC1)OCC2. The largest absolute Gasteiger partial charge is 0.496 e. The summed E-state index contributed by atoms with van der Waals surface area (Å²) in [7, 11) is -1.52. The van der Waals surface area contributed by atoms with Crippen LogP contribution >= 0.6 is 0 Å². The normalized spacial score (nSPS) is 19.0. The second-order valence-corrected chi connectivity index (χ2v) is 9.21. The van der Waals surface area contributed by atoms with Gasteiger partial charge in [-0.25, -0.2) is 13.4 Å². The Bertz CT molecular complexity index is 919. The van der Waals surface area contributed by atoms with E-state index in [4.69, 9.17) is 9.47 Å². The van der Waals surface area contributed by atoms with Gasteiger partial charge in [0.15, 0.2) is 9.84 Å². The number of aromatic nitrogens is 1. The van der Waals surface area contributed by atoms with Crippen LogP contribution < -0.4 is 9.64 Å². The van der Waals surface area contributed by atoms with Crippen LogP contribution in [0.5, 0.6) is 5.75 Å². The molecule has 1 saturated heterocycles. The van der Waals surface area contributed by atoms with E-state index in [9.17, 15) is 8.42 Å². The minimum absolute atomic E-state index is 0.244. The molecule has 0 atom stereocenters. The molecule has 0 saturated carbocycles. The van der Waals surface area contributed by atoms with Crippen LogP contribution in [-0.4, -0.2) is 46.5 Å². The highest BCUT2D eigenvalue weighted by Crippen LogP contribution is 2.46. The van der Waals surface area contributed by atoms with Crippen LogP contribution in [-0.2, 0) is 26.6 Å².